The Morgan fingerprint density at radius 1 is 1.38 bits per heavy atom. The lowest BCUT2D eigenvalue weighted by atomic mass is 10.0. The zero-order valence-corrected chi connectivity index (χ0v) is 14.8. The molecule has 2 N–H and O–H groups in total. The van der Waals surface area contributed by atoms with Crippen LogP contribution in [0.25, 0.3) is 0 Å². The fourth-order valence-corrected chi connectivity index (χ4v) is 3.89. The van der Waals surface area contributed by atoms with Crippen molar-refractivity contribution >= 4 is 17.2 Å². The van der Waals surface area contributed by atoms with Gasteiger partial charge in [-0.2, -0.15) is 0 Å². The summed E-state index contributed by atoms with van der Waals surface area (Å²) < 4.78 is 0. The Morgan fingerprint density at radius 3 is 2.75 bits per heavy atom. The monoisotopic (exact) mass is 344 g/mol. The Balaban J connectivity index is 1.71. The van der Waals surface area contributed by atoms with Crippen LogP contribution in [-0.4, -0.2) is 41.7 Å². The molecule has 1 aromatic carbocycles. The van der Waals surface area contributed by atoms with E-state index in [-0.39, 0.29) is 18.1 Å². The van der Waals surface area contributed by atoms with Crippen molar-refractivity contribution in [2.75, 3.05) is 19.6 Å². The Labute approximate surface area is 147 Å². The van der Waals surface area contributed by atoms with Gasteiger partial charge in [-0.3, -0.25) is 9.69 Å². The van der Waals surface area contributed by atoms with Gasteiger partial charge in [0.25, 0.3) is 0 Å². The van der Waals surface area contributed by atoms with E-state index in [2.05, 4.69) is 42.6 Å². The van der Waals surface area contributed by atoms with E-state index in [0.717, 1.165) is 29.8 Å². The van der Waals surface area contributed by atoms with E-state index in [4.69, 9.17) is 0 Å². The van der Waals surface area contributed by atoms with Gasteiger partial charge in [-0.15, -0.1) is 11.3 Å². The number of aryl methyl sites for hydroxylation is 1. The van der Waals surface area contributed by atoms with Crippen LogP contribution in [0.4, 0.5) is 0 Å². The quantitative estimate of drug-likeness (QED) is 0.847. The van der Waals surface area contributed by atoms with Crippen LogP contribution >= 0.6 is 11.3 Å². The molecule has 1 unspecified atom stereocenters. The third kappa shape index (κ3) is 4.23. The van der Waals surface area contributed by atoms with E-state index in [1.54, 1.807) is 11.3 Å². The van der Waals surface area contributed by atoms with E-state index in [9.17, 15) is 9.90 Å². The number of carbonyl (C=O) groups excluding carboxylic acids is 1. The number of thiophene rings is 1. The molecule has 1 fully saturated rings. The van der Waals surface area contributed by atoms with Crippen molar-refractivity contribution in [2.24, 2.45) is 0 Å². The summed E-state index contributed by atoms with van der Waals surface area (Å²) >= 11 is 1.65. The first-order valence-corrected chi connectivity index (χ1v) is 9.35. The van der Waals surface area contributed by atoms with Gasteiger partial charge in [0.15, 0.2) is 0 Å². The highest BCUT2D eigenvalue weighted by Gasteiger charge is 2.24. The van der Waals surface area contributed by atoms with Gasteiger partial charge < -0.3 is 10.4 Å². The number of likely N-dealkylation sites (tertiary alicyclic amines) is 1. The first kappa shape index (κ1) is 17.1. The topological polar surface area (TPSA) is 52.6 Å². The summed E-state index contributed by atoms with van der Waals surface area (Å²) in [6.07, 6.45) is 1.46. The Bertz CT molecular complexity index is 655. The molecule has 3 rings (SSSR count). The Kier molecular flexibility index (Phi) is 5.66. The Morgan fingerprint density at radius 2 is 2.17 bits per heavy atom. The van der Waals surface area contributed by atoms with Crippen LogP contribution in [0.15, 0.2) is 41.8 Å². The fourth-order valence-electron chi connectivity index (χ4n) is 3.09. The smallest absolute Gasteiger partial charge is 0.234 e. The summed E-state index contributed by atoms with van der Waals surface area (Å²) in [7, 11) is 0. The summed E-state index contributed by atoms with van der Waals surface area (Å²) in [5.41, 5.74) is 2.39. The molecule has 24 heavy (non-hydrogen) atoms. The number of aliphatic hydroxyl groups excluding tert-OH is 1. The predicted octanol–water partition coefficient (Wildman–Crippen LogP) is 2.58. The van der Waals surface area contributed by atoms with E-state index in [1.807, 2.05) is 16.3 Å². The first-order chi connectivity index (χ1) is 11.7. The molecule has 0 spiro atoms. The number of aliphatic hydroxyl groups is 1. The van der Waals surface area contributed by atoms with Crippen LogP contribution in [0.2, 0.25) is 0 Å². The highest BCUT2D eigenvalue weighted by Crippen LogP contribution is 2.26. The fraction of sp³-hybridized carbons (Fsp3) is 0.421. The number of rotatable bonds is 6. The highest BCUT2D eigenvalue weighted by atomic mass is 32.1. The van der Waals surface area contributed by atoms with Crippen molar-refractivity contribution in [3.8, 4) is 0 Å². The standard InChI is InChI=1S/C19H24N2O2S/c1-2-14-5-7-15(8-6-14)19(17-4-3-11-24-17)20-18(23)13-21-10-9-16(22)12-21/h3-8,11,16,19,22H,2,9-10,12-13H2,1H3,(H,20,23)/t16-,19?/m0/s1. The van der Waals surface area contributed by atoms with E-state index < -0.39 is 0 Å². The first-order valence-electron chi connectivity index (χ1n) is 8.47. The third-order valence-electron chi connectivity index (χ3n) is 4.47. The van der Waals surface area contributed by atoms with Crippen LogP contribution in [0.3, 0.4) is 0 Å². The van der Waals surface area contributed by atoms with Crippen molar-refractivity contribution in [3.63, 3.8) is 0 Å². The minimum Gasteiger partial charge on any atom is -0.392 e. The van der Waals surface area contributed by atoms with Crippen molar-refractivity contribution in [1.82, 2.24) is 10.2 Å². The zero-order valence-electron chi connectivity index (χ0n) is 13.9. The number of amides is 1. The second-order valence-corrected chi connectivity index (χ2v) is 7.27. The maximum atomic E-state index is 12.5. The molecule has 0 radical (unpaired) electrons. The van der Waals surface area contributed by atoms with Gasteiger partial charge in [-0.05, 0) is 35.4 Å². The van der Waals surface area contributed by atoms with Crippen molar-refractivity contribution in [3.05, 3.63) is 57.8 Å². The molecule has 1 aliphatic heterocycles. The molecule has 0 aliphatic carbocycles. The molecule has 1 aromatic heterocycles. The van der Waals surface area contributed by atoms with Crippen molar-refractivity contribution in [2.45, 2.75) is 31.9 Å². The number of hydrogen-bond donors (Lipinski definition) is 2. The minimum absolute atomic E-state index is 0.00191. The second-order valence-electron chi connectivity index (χ2n) is 6.29. The average molecular weight is 344 g/mol. The highest BCUT2D eigenvalue weighted by molar-refractivity contribution is 7.10. The molecule has 4 nitrogen and oxygen atoms in total. The average Bonchev–Trinajstić information content (AvgIpc) is 3.25. The largest absolute Gasteiger partial charge is 0.392 e. The molecule has 0 saturated carbocycles. The zero-order chi connectivity index (χ0) is 16.9. The van der Waals surface area contributed by atoms with Gasteiger partial charge in [-0.1, -0.05) is 37.3 Å². The van der Waals surface area contributed by atoms with Crippen LogP contribution < -0.4 is 5.32 Å². The number of hydrogen-bond acceptors (Lipinski definition) is 4. The lowest BCUT2D eigenvalue weighted by molar-refractivity contribution is -0.122. The third-order valence-corrected chi connectivity index (χ3v) is 5.41. The van der Waals surface area contributed by atoms with Gasteiger partial charge in [0.2, 0.25) is 5.91 Å². The number of β-amino-alcohol motifs (C(OH)–C–C–N with tert-alkyl or cyclic N) is 1. The molecule has 2 heterocycles. The number of carbonyl (C=O) groups is 1. The molecule has 2 atom stereocenters. The molecule has 0 bridgehead atoms. The minimum atomic E-state index is -0.299. The van der Waals surface area contributed by atoms with Crippen LogP contribution in [0.5, 0.6) is 0 Å². The summed E-state index contributed by atoms with van der Waals surface area (Å²) in [5, 5.41) is 14.8. The molecule has 5 heteroatoms. The summed E-state index contributed by atoms with van der Waals surface area (Å²) in [5.74, 6) is 0.00191. The molecule has 1 aliphatic rings. The lowest BCUT2D eigenvalue weighted by Gasteiger charge is -2.21. The summed E-state index contributed by atoms with van der Waals surface area (Å²) in [4.78, 5) is 15.6. The van der Waals surface area contributed by atoms with E-state index in [0.29, 0.717) is 13.1 Å². The normalized spacial score (nSPS) is 19.3. The Hall–Kier alpha value is -1.69. The van der Waals surface area contributed by atoms with Crippen LogP contribution in [0, 0.1) is 0 Å². The number of nitrogens with zero attached hydrogens (tertiary/aromatic N) is 1. The molecule has 128 valence electrons. The predicted molar refractivity (Wildman–Crippen MR) is 97.2 cm³/mol. The molecular weight excluding hydrogens is 320 g/mol. The van der Waals surface area contributed by atoms with Crippen LogP contribution in [-0.2, 0) is 11.2 Å². The molecule has 1 amide bonds. The van der Waals surface area contributed by atoms with Gasteiger partial charge in [0, 0.05) is 18.0 Å². The molecule has 1 saturated heterocycles. The number of benzene rings is 1. The van der Waals surface area contributed by atoms with E-state index >= 15 is 0 Å². The molecule has 2 aromatic rings. The SMILES string of the molecule is CCc1ccc(C(NC(=O)CN2CC[C@H](O)C2)c2cccs2)cc1. The van der Waals surface area contributed by atoms with Crippen molar-refractivity contribution < 1.29 is 9.90 Å². The van der Waals surface area contributed by atoms with Gasteiger partial charge in [-0.25, -0.2) is 0 Å². The lowest BCUT2D eigenvalue weighted by Crippen LogP contribution is -2.38. The summed E-state index contributed by atoms with van der Waals surface area (Å²) in [6, 6.07) is 12.4. The summed E-state index contributed by atoms with van der Waals surface area (Å²) in [6.45, 7) is 3.84. The van der Waals surface area contributed by atoms with Gasteiger partial charge in [0.1, 0.15) is 0 Å². The maximum Gasteiger partial charge on any atom is 0.234 e. The van der Waals surface area contributed by atoms with Gasteiger partial charge in [0.05, 0.1) is 18.7 Å². The molecular formula is C19H24N2O2S. The van der Waals surface area contributed by atoms with E-state index in [1.165, 1.54) is 5.56 Å². The van der Waals surface area contributed by atoms with Crippen LogP contribution in [0.1, 0.15) is 35.4 Å². The van der Waals surface area contributed by atoms with Crippen molar-refractivity contribution in [1.29, 1.82) is 0 Å². The second kappa shape index (κ2) is 7.92. The maximum absolute atomic E-state index is 12.5. The number of nitrogens with one attached hydrogen (secondary N) is 1. The van der Waals surface area contributed by atoms with Gasteiger partial charge >= 0.3 is 0 Å².